The fourth-order valence-corrected chi connectivity index (χ4v) is 14.3. The van der Waals surface area contributed by atoms with Gasteiger partial charge in [0.2, 0.25) is 0 Å². The van der Waals surface area contributed by atoms with E-state index >= 15 is 0 Å². The highest BCUT2D eigenvalue weighted by molar-refractivity contribution is 6.34. The Morgan fingerprint density at radius 1 is 0.295 bits per heavy atom. The van der Waals surface area contributed by atoms with Crippen molar-refractivity contribution in [1.29, 1.82) is 0 Å². The molecule has 4 aromatic carbocycles. The molecule has 5 aromatic rings. The Hall–Kier alpha value is -3.41. The lowest BCUT2D eigenvalue weighted by Crippen LogP contribution is -2.46. The summed E-state index contributed by atoms with van der Waals surface area (Å²) in [6.45, 7) is 15.5. The lowest BCUT2D eigenvalue weighted by atomic mass is 9.85. The molecule has 88 heavy (non-hydrogen) atoms. The van der Waals surface area contributed by atoms with Gasteiger partial charge >= 0.3 is 7.32 Å². The van der Waals surface area contributed by atoms with E-state index in [0.717, 1.165) is 26.9 Å². The predicted octanol–water partition coefficient (Wildman–Crippen LogP) is 26.0. The zero-order chi connectivity index (χ0) is 62.8. The van der Waals surface area contributed by atoms with Gasteiger partial charge in [-0.15, -0.1) is 0 Å². The maximum Gasteiger partial charge on any atom is 0.707 e. The number of nitrogens with zero attached hydrogens (tertiary/aromatic N) is 1. The smallest absolute Gasteiger partial charge is 0.511 e. The second-order valence-electron chi connectivity index (χ2n) is 27.4. The third-order valence-corrected chi connectivity index (χ3v) is 19.6. The van der Waals surface area contributed by atoms with Crippen molar-refractivity contribution in [2.45, 2.75) is 388 Å². The van der Waals surface area contributed by atoms with Crippen molar-refractivity contribution >= 4 is 39.6 Å². The quantitative estimate of drug-likeness (QED) is 0.0134. The van der Waals surface area contributed by atoms with Crippen LogP contribution in [0.15, 0.2) is 66.7 Å². The topological polar surface area (TPSA) is 53.6 Å². The van der Waals surface area contributed by atoms with E-state index in [-0.39, 0.29) is 0 Å². The maximum absolute atomic E-state index is 9.14. The SMILES string of the molecule is CCCCCCCCCCc1c(CCCCCCCCCC)c(CCCCCCCCCC)[n+](CCCCCCCCCC)c(CCCCCCCCCC)c1CCCCCCCCCC.OB(O)Oc1cccc2ccc3cc4ccccc4cc3c12. The second-order valence-corrected chi connectivity index (χ2v) is 27.4. The molecule has 0 amide bonds. The summed E-state index contributed by atoms with van der Waals surface area (Å²) < 4.78 is 8.28. The van der Waals surface area contributed by atoms with Gasteiger partial charge in [0.15, 0.2) is 11.4 Å². The molecule has 0 radical (unpaired) electrons. The Balaban J connectivity index is 0.000000615. The average molecular weight is 1210 g/mol. The number of unbranched alkanes of at least 4 members (excludes halogenated alkanes) is 42. The van der Waals surface area contributed by atoms with Gasteiger partial charge in [-0.1, -0.05) is 353 Å². The molecule has 0 saturated heterocycles. The molecule has 0 aliphatic rings. The normalized spacial score (nSPS) is 11.6. The van der Waals surface area contributed by atoms with Crippen molar-refractivity contribution in [2.75, 3.05) is 0 Å². The van der Waals surface area contributed by atoms with Crippen LogP contribution in [0.3, 0.4) is 0 Å². The molecule has 5 rings (SSSR count). The fraction of sp³-hybridized carbons (Fsp3) is 0.723. The zero-order valence-corrected chi connectivity index (χ0v) is 58.9. The first-order valence-corrected chi connectivity index (χ1v) is 38.9. The molecule has 0 aliphatic heterocycles. The highest BCUT2D eigenvalue weighted by Crippen LogP contribution is 2.36. The van der Waals surface area contributed by atoms with E-state index < -0.39 is 7.32 Å². The third kappa shape index (κ3) is 32.2. The highest BCUT2D eigenvalue weighted by Gasteiger charge is 2.29. The Kier molecular flexibility index (Phi) is 45.6. The summed E-state index contributed by atoms with van der Waals surface area (Å²) in [7, 11) is -1.83. The van der Waals surface area contributed by atoms with Gasteiger partial charge in [0.05, 0.1) is 0 Å². The monoisotopic (exact) mass is 1210 g/mol. The molecule has 0 fully saturated rings. The summed E-state index contributed by atoms with van der Waals surface area (Å²) in [4.78, 5) is 0. The lowest BCUT2D eigenvalue weighted by molar-refractivity contribution is -0.712. The van der Waals surface area contributed by atoms with Crippen molar-refractivity contribution in [1.82, 2.24) is 0 Å². The van der Waals surface area contributed by atoms with Gasteiger partial charge in [-0.3, -0.25) is 0 Å². The highest BCUT2D eigenvalue weighted by atomic mass is 16.6. The number of hydrogen-bond acceptors (Lipinski definition) is 3. The van der Waals surface area contributed by atoms with Gasteiger partial charge < -0.3 is 14.7 Å². The van der Waals surface area contributed by atoms with Gasteiger partial charge in [0.25, 0.3) is 0 Å². The van der Waals surface area contributed by atoms with E-state index in [1.54, 1.807) is 6.07 Å². The predicted molar refractivity (Wildman–Crippen MR) is 391 cm³/mol. The number of pyridine rings is 1. The van der Waals surface area contributed by atoms with Gasteiger partial charge in [0.1, 0.15) is 12.3 Å². The molecule has 0 aliphatic carbocycles. The largest absolute Gasteiger partial charge is 0.707 e. The van der Waals surface area contributed by atoms with Crippen LogP contribution in [0.2, 0.25) is 0 Å². The first-order chi connectivity index (χ1) is 43.4. The van der Waals surface area contributed by atoms with Crippen LogP contribution in [0.4, 0.5) is 0 Å². The molecule has 0 saturated carbocycles. The summed E-state index contributed by atoms with van der Waals surface area (Å²) in [6.07, 6.45) is 75.3. The van der Waals surface area contributed by atoms with Crippen molar-refractivity contribution in [3.05, 3.63) is 94.8 Å². The molecule has 496 valence electrons. The van der Waals surface area contributed by atoms with Crippen LogP contribution in [0.25, 0.3) is 32.3 Å². The summed E-state index contributed by atoms with van der Waals surface area (Å²) in [6, 6.07) is 22.1. The number of rotatable bonds is 56. The van der Waals surface area contributed by atoms with Crippen LogP contribution >= 0.6 is 0 Å². The fourth-order valence-electron chi connectivity index (χ4n) is 14.3. The minimum Gasteiger partial charge on any atom is -0.511 e. The van der Waals surface area contributed by atoms with Crippen LogP contribution in [0, 0.1) is 0 Å². The van der Waals surface area contributed by atoms with Gasteiger partial charge in [-0.2, -0.15) is 4.57 Å². The molecule has 1 heterocycles. The minimum absolute atomic E-state index is 0.466. The number of fused-ring (bicyclic) bond motifs is 4. The van der Waals surface area contributed by atoms with E-state index in [0.29, 0.717) is 5.75 Å². The molecular weight excluding hydrogens is 1070 g/mol. The molecule has 0 bridgehead atoms. The number of benzene rings is 4. The first-order valence-electron chi connectivity index (χ1n) is 38.9. The van der Waals surface area contributed by atoms with Crippen LogP contribution < -0.4 is 9.22 Å². The standard InChI is InChI=1S/C65H126N.C18H13BO3/c1-7-13-19-25-31-37-43-49-55-61-62(56-50-44-38-32-26-20-14-8-2)64(58-52-46-40-34-28-22-16-10-4)66(60-54-48-42-36-30-24-18-12-6)65(59-53-47-41-35-29-23-17-11-5)63(61)57-51-45-39-33-27-21-15-9-3;20-19(21)22-17-7-3-6-12-8-9-15-10-13-4-1-2-5-14(13)11-16(15)18(12)17/h7-60H2,1-6H3;1-11,20-21H/q+1;. The lowest BCUT2D eigenvalue weighted by Gasteiger charge is -2.23. The molecule has 5 heteroatoms. The second kappa shape index (κ2) is 52.1. The Bertz CT molecular complexity index is 2220. The number of hydrogen-bond donors (Lipinski definition) is 2. The summed E-state index contributed by atoms with van der Waals surface area (Å²) in [5.41, 5.74) is 9.44. The molecule has 0 spiro atoms. The molecular formula is C83H139BNO3+. The summed E-state index contributed by atoms with van der Waals surface area (Å²) >= 11 is 0. The van der Waals surface area contributed by atoms with Crippen molar-refractivity contribution in [2.24, 2.45) is 0 Å². The van der Waals surface area contributed by atoms with Crippen LogP contribution in [-0.4, -0.2) is 17.4 Å². The Morgan fingerprint density at radius 2 is 0.602 bits per heavy atom. The number of aromatic nitrogens is 1. The minimum atomic E-state index is -1.83. The Morgan fingerprint density at radius 3 is 0.977 bits per heavy atom. The molecule has 2 N–H and O–H groups in total. The van der Waals surface area contributed by atoms with Gasteiger partial charge in [0, 0.05) is 35.8 Å². The van der Waals surface area contributed by atoms with E-state index in [1.165, 1.54) is 352 Å². The van der Waals surface area contributed by atoms with E-state index in [2.05, 4.69) is 76.4 Å². The maximum atomic E-state index is 9.14. The zero-order valence-electron chi connectivity index (χ0n) is 58.9. The van der Waals surface area contributed by atoms with Crippen LogP contribution in [-0.2, 0) is 38.6 Å². The van der Waals surface area contributed by atoms with E-state index in [9.17, 15) is 0 Å². The third-order valence-electron chi connectivity index (χ3n) is 19.6. The van der Waals surface area contributed by atoms with Gasteiger partial charge in [-0.25, -0.2) is 0 Å². The van der Waals surface area contributed by atoms with Crippen LogP contribution in [0.1, 0.15) is 378 Å². The van der Waals surface area contributed by atoms with Crippen LogP contribution in [0.5, 0.6) is 5.75 Å². The first kappa shape index (κ1) is 77.0. The van der Waals surface area contributed by atoms with Crippen molar-refractivity contribution < 1.29 is 19.3 Å². The Labute approximate surface area is 544 Å². The molecule has 4 nitrogen and oxygen atoms in total. The van der Waals surface area contributed by atoms with E-state index in [1.807, 2.05) is 58.4 Å². The summed E-state index contributed by atoms with van der Waals surface area (Å²) in [5, 5.41) is 24.6. The van der Waals surface area contributed by atoms with Crippen molar-refractivity contribution in [3.8, 4) is 5.75 Å². The molecule has 0 atom stereocenters. The van der Waals surface area contributed by atoms with Gasteiger partial charge in [-0.05, 0) is 108 Å². The molecule has 1 aromatic heterocycles. The average Bonchev–Trinajstić information content (AvgIpc) is 1.35. The van der Waals surface area contributed by atoms with E-state index in [4.69, 9.17) is 14.7 Å². The van der Waals surface area contributed by atoms with Crippen molar-refractivity contribution in [3.63, 3.8) is 0 Å². The molecule has 0 unspecified atom stereocenters. The summed E-state index contributed by atoms with van der Waals surface area (Å²) in [5.74, 6) is 0.466.